The minimum Gasteiger partial charge on any atom is -0.307 e. The summed E-state index contributed by atoms with van der Waals surface area (Å²) in [5.41, 5.74) is 3.19. The number of rotatable bonds is 4. The molecule has 0 aliphatic carbocycles. The number of benzene rings is 1. The maximum Gasteiger partial charge on any atom is 0.149 e. The van der Waals surface area contributed by atoms with Crippen molar-refractivity contribution < 1.29 is 0 Å². The van der Waals surface area contributed by atoms with Gasteiger partial charge in [0.1, 0.15) is 10.0 Å². The van der Waals surface area contributed by atoms with Crippen molar-refractivity contribution in [3.05, 3.63) is 64.9 Å². The van der Waals surface area contributed by atoms with E-state index in [1.54, 1.807) is 11.3 Å². The molecule has 0 bridgehead atoms. The molecule has 0 aliphatic heterocycles. The standard InChI is InChI=1S/C16H16N4S/c1-11-8-9-13(10-18-11)15-19-20-16(21-15)14(17-2)12-6-4-3-5-7-12/h3-10,14,17H,1-2H3. The summed E-state index contributed by atoms with van der Waals surface area (Å²) < 4.78 is 0. The first-order valence-corrected chi connectivity index (χ1v) is 7.58. The highest BCUT2D eigenvalue weighted by Gasteiger charge is 2.17. The Morgan fingerprint density at radius 1 is 1.05 bits per heavy atom. The normalized spacial score (nSPS) is 12.3. The predicted octanol–water partition coefficient (Wildman–Crippen LogP) is 3.22. The molecule has 1 aromatic carbocycles. The summed E-state index contributed by atoms with van der Waals surface area (Å²) in [7, 11) is 1.94. The van der Waals surface area contributed by atoms with Crippen LogP contribution in [0.2, 0.25) is 0 Å². The first-order valence-electron chi connectivity index (χ1n) is 6.76. The van der Waals surface area contributed by atoms with Crippen molar-refractivity contribution in [2.75, 3.05) is 7.05 Å². The van der Waals surface area contributed by atoms with Crippen LogP contribution in [0.15, 0.2) is 48.7 Å². The molecule has 0 fully saturated rings. The van der Waals surface area contributed by atoms with Crippen molar-refractivity contribution in [2.24, 2.45) is 0 Å². The lowest BCUT2D eigenvalue weighted by atomic mass is 10.1. The SMILES string of the molecule is CNC(c1ccccc1)c1nnc(-c2ccc(C)nc2)s1. The number of aromatic nitrogens is 3. The second kappa shape index (κ2) is 6.11. The number of nitrogens with zero attached hydrogens (tertiary/aromatic N) is 3. The van der Waals surface area contributed by atoms with E-state index in [9.17, 15) is 0 Å². The van der Waals surface area contributed by atoms with E-state index in [4.69, 9.17) is 0 Å². The molecule has 2 heterocycles. The van der Waals surface area contributed by atoms with Crippen molar-refractivity contribution in [2.45, 2.75) is 13.0 Å². The molecule has 0 saturated heterocycles. The Kier molecular flexibility index (Phi) is 4.03. The lowest BCUT2D eigenvalue weighted by Crippen LogP contribution is -2.17. The van der Waals surface area contributed by atoms with Crippen molar-refractivity contribution in [1.29, 1.82) is 0 Å². The van der Waals surface area contributed by atoms with Gasteiger partial charge in [-0.05, 0) is 31.7 Å². The predicted molar refractivity (Wildman–Crippen MR) is 85.2 cm³/mol. The maximum atomic E-state index is 4.34. The lowest BCUT2D eigenvalue weighted by Gasteiger charge is -2.12. The molecule has 106 valence electrons. The van der Waals surface area contributed by atoms with Gasteiger partial charge in [-0.1, -0.05) is 41.7 Å². The Labute approximate surface area is 127 Å². The minimum atomic E-state index is 0.0656. The van der Waals surface area contributed by atoms with E-state index in [0.717, 1.165) is 21.3 Å². The summed E-state index contributed by atoms with van der Waals surface area (Å²) >= 11 is 1.59. The first-order chi connectivity index (χ1) is 10.3. The molecule has 21 heavy (non-hydrogen) atoms. The van der Waals surface area contributed by atoms with Crippen LogP contribution in [-0.4, -0.2) is 22.2 Å². The Balaban J connectivity index is 1.92. The van der Waals surface area contributed by atoms with Crippen LogP contribution in [-0.2, 0) is 0 Å². The Bertz CT molecular complexity index is 707. The fourth-order valence-electron chi connectivity index (χ4n) is 2.14. The summed E-state index contributed by atoms with van der Waals surface area (Å²) in [6.45, 7) is 1.97. The Morgan fingerprint density at radius 3 is 2.52 bits per heavy atom. The fourth-order valence-corrected chi connectivity index (χ4v) is 3.11. The van der Waals surface area contributed by atoms with Crippen LogP contribution >= 0.6 is 11.3 Å². The molecule has 0 aliphatic rings. The molecular weight excluding hydrogens is 280 g/mol. The average Bonchev–Trinajstić information content (AvgIpc) is 2.99. The van der Waals surface area contributed by atoms with Crippen LogP contribution in [0.1, 0.15) is 22.3 Å². The smallest absolute Gasteiger partial charge is 0.149 e. The topological polar surface area (TPSA) is 50.7 Å². The number of nitrogens with one attached hydrogen (secondary N) is 1. The van der Waals surface area contributed by atoms with Gasteiger partial charge in [-0.3, -0.25) is 4.98 Å². The van der Waals surface area contributed by atoms with Crippen molar-refractivity contribution in [3.63, 3.8) is 0 Å². The molecule has 1 atom stereocenters. The Morgan fingerprint density at radius 2 is 1.86 bits per heavy atom. The quantitative estimate of drug-likeness (QED) is 0.803. The molecular formula is C16H16N4S. The number of hydrogen-bond acceptors (Lipinski definition) is 5. The van der Waals surface area contributed by atoms with Gasteiger partial charge in [0.25, 0.3) is 0 Å². The molecule has 5 heteroatoms. The minimum absolute atomic E-state index is 0.0656. The van der Waals surface area contributed by atoms with Gasteiger partial charge in [0, 0.05) is 17.5 Å². The summed E-state index contributed by atoms with van der Waals surface area (Å²) in [6, 6.07) is 14.4. The van der Waals surface area contributed by atoms with Crippen LogP contribution in [0.4, 0.5) is 0 Å². The lowest BCUT2D eigenvalue weighted by molar-refractivity contribution is 0.678. The molecule has 4 nitrogen and oxygen atoms in total. The molecule has 2 aromatic heterocycles. The maximum absolute atomic E-state index is 4.34. The monoisotopic (exact) mass is 296 g/mol. The van der Waals surface area contributed by atoms with Gasteiger partial charge in [-0.15, -0.1) is 10.2 Å². The molecule has 3 rings (SSSR count). The van der Waals surface area contributed by atoms with E-state index >= 15 is 0 Å². The average molecular weight is 296 g/mol. The van der Waals surface area contributed by atoms with Crippen LogP contribution in [0, 0.1) is 6.92 Å². The van der Waals surface area contributed by atoms with Crippen LogP contribution < -0.4 is 5.32 Å². The van der Waals surface area contributed by atoms with Gasteiger partial charge in [0.05, 0.1) is 6.04 Å². The van der Waals surface area contributed by atoms with Gasteiger partial charge in [-0.25, -0.2) is 0 Å². The molecule has 0 amide bonds. The van der Waals surface area contributed by atoms with Crippen LogP contribution in [0.5, 0.6) is 0 Å². The second-order valence-electron chi connectivity index (χ2n) is 4.77. The molecule has 0 radical (unpaired) electrons. The van der Waals surface area contributed by atoms with E-state index in [0.29, 0.717) is 0 Å². The van der Waals surface area contributed by atoms with Crippen molar-refractivity contribution >= 4 is 11.3 Å². The third kappa shape index (κ3) is 2.99. The van der Waals surface area contributed by atoms with Gasteiger partial charge in [0.15, 0.2) is 0 Å². The van der Waals surface area contributed by atoms with Gasteiger partial charge in [0.2, 0.25) is 0 Å². The summed E-state index contributed by atoms with van der Waals surface area (Å²) in [5.74, 6) is 0. The second-order valence-corrected chi connectivity index (χ2v) is 5.78. The molecule has 1 unspecified atom stereocenters. The third-order valence-corrected chi connectivity index (χ3v) is 4.30. The Hall–Kier alpha value is -2.11. The fraction of sp³-hybridized carbons (Fsp3) is 0.188. The summed E-state index contributed by atoms with van der Waals surface area (Å²) in [5, 5.41) is 13.8. The highest BCUT2D eigenvalue weighted by molar-refractivity contribution is 7.14. The van der Waals surface area contributed by atoms with E-state index in [1.807, 2.05) is 50.5 Å². The highest BCUT2D eigenvalue weighted by Crippen LogP contribution is 2.29. The molecule has 0 spiro atoms. The van der Waals surface area contributed by atoms with Gasteiger partial charge >= 0.3 is 0 Å². The molecule has 1 N–H and O–H groups in total. The van der Waals surface area contributed by atoms with Crippen molar-refractivity contribution in [1.82, 2.24) is 20.5 Å². The van der Waals surface area contributed by atoms with E-state index in [2.05, 4.69) is 32.6 Å². The van der Waals surface area contributed by atoms with Crippen LogP contribution in [0.25, 0.3) is 10.6 Å². The highest BCUT2D eigenvalue weighted by atomic mass is 32.1. The zero-order valence-electron chi connectivity index (χ0n) is 11.9. The largest absolute Gasteiger partial charge is 0.307 e. The number of aryl methyl sites for hydroxylation is 1. The van der Waals surface area contributed by atoms with E-state index < -0.39 is 0 Å². The number of hydrogen-bond donors (Lipinski definition) is 1. The van der Waals surface area contributed by atoms with Crippen LogP contribution in [0.3, 0.4) is 0 Å². The molecule has 3 aromatic rings. The zero-order chi connectivity index (χ0) is 14.7. The summed E-state index contributed by atoms with van der Waals surface area (Å²) in [4.78, 5) is 4.31. The van der Waals surface area contributed by atoms with Gasteiger partial charge < -0.3 is 5.32 Å². The van der Waals surface area contributed by atoms with Gasteiger partial charge in [-0.2, -0.15) is 0 Å². The first kappa shape index (κ1) is 13.9. The third-order valence-electron chi connectivity index (χ3n) is 3.27. The van der Waals surface area contributed by atoms with E-state index in [1.165, 1.54) is 5.56 Å². The number of pyridine rings is 1. The summed E-state index contributed by atoms with van der Waals surface area (Å²) in [6.07, 6.45) is 1.84. The van der Waals surface area contributed by atoms with E-state index in [-0.39, 0.29) is 6.04 Å². The zero-order valence-corrected chi connectivity index (χ0v) is 12.8. The van der Waals surface area contributed by atoms with Crippen molar-refractivity contribution in [3.8, 4) is 10.6 Å². The molecule has 0 saturated carbocycles.